The van der Waals surface area contributed by atoms with E-state index in [-0.39, 0.29) is 13.0 Å². The molecule has 1 aromatic rings. The van der Waals surface area contributed by atoms with Crippen molar-refractivity contribution >= 4 is 5.97 Å². The van der Waals surface area contributed by atoms with Crippen molar-refractivity contribution < 1.29 is 19.4 Å². The molecule has 1 aliphatic heterocycles. The number of para-hydroxylation sites is 1. The third-order valence-corrected chi connectivity index (χ3v) is 2.25. The number of fused-ring (bicyclic) bond motifs is 1. The molecule has 0 aromatic heterocycles. The molecular weight excluding hydrogens is 196 g/mol. The van der Waals surface area contributed by atoms with Crippen LogP contribution in [0.25, 0.3) is 0 Å². The van der Waals surface area contributed by atoms with Gasteiger partial charge in [-0.1, -0.05) is 12.1 Å². The predicted molar refractivity (Wildman–Crippen MR) is 53.4 cm³/mol. The number of carbonyl (C=O) groups is 1. The van der Waals surface area contributed by atoms with E-state index in [0.717, 1.165) is 17.7 Å². The smallest absolute Gasteiger partial charge is 0.306 e. The molecule has 80 valence electrons. The van der Waals surface area contributed by atoms with Crippen molar-refractivity contribution in [2.45, 2.75) is 12.8 Å². The first-order chi connectivity index (χ1) is 7.27. The average Bonchev–Trinajstić information content (AvgIpc) is 2.65. The number of ether oxygens (including phenoxy) is 2. The van der Waals surface area contributed by atoms with Gasteiger partial charge in [0.25, 0.3) is 0 Å². The molecule has 4 nitrogen and oxygen atoms in total. The van der Waals surface area contributed by atoms with Gasteiger partial charge in [0.15, 0.2) is 11.5 Å². The maximum absolute atomic E-state index is 10.3. The largest absolute Gasteiger partial charge is 0.489 e. The molecule has 0 amide bonds. The quantitative estimate of drug-likeness (QED) is 0.814. The first-order valence-electron chi connectivity index (χ1n) is 4.86. The molecule has 0 saturated carbocycles. The van der Waals surface area contributed by atoms with E-state index in [1.807, 2.05) is 12.1 Å². The Kier molecular flexibility index (Phi) is 2.76. The van der Waals surface area contributed by atoms with Crippen LogP contribution < -0.4 is 9.47 Å². The van der Waals surface area contributed by atoms with Crippen LogP contribution >= 0.6 is 0 Å². The number of hydrogen-bond donors (Lipinski definition) is 1. The van der Waals surface area contributed by atoms with E-state index in [4.69, 9.17) is 14.6 Å². The summed E-state index contributed by atoms with van der Waals surface area (Å²) in [4.78, 5) is 10.3. The van der Waals surface area contributed by atoms with Crippen molar-refractivity contribution in [3.8, 4) is 11.5 Å². The monoisotopic (exact) mass is 208 g/mol. The number of hydrogen-bond acceptors (Lipinski definition) is 3. The summed E-state index contributed by atoms with van der Waals surface area (Å²) < 4.78 is 10.8. The average molecular weight is 208 g/mol. The Bertz CT molecular complexity index is 373. The van der Waals surface area contributed by atoms with Gasteiger partial charge >= 0.3 is 5.97 Å². The van der Waals surface area contributed by atoms with Crippen molar-refractivity contribution in [1.82, 2.24) is 0 Å². The van der Waals surface area contributed by atoms with E-state index in [2.05, 4.69) is 0 Å². The molecule has 1 N–H and O–H groups in total. The Morgan fingerprint density at radius 1 is 1.53 bits per heavy atom. The minimum atomic E-state index is -0.858. The molecule has 0 spiro atoms. The highest BCUT2D eigenvalue weighted by Gasteiger charge is 2.16. The first-order valence-corrected chi connectivity index (χ1v) is 4.86. The van der Waals surface area contributed by atoms with Crippen LogP contribution in [0.15, 0.2) is 18.2 Å². The van der Waals surface area contributed by atoms with E-state index in [1.54, 1.807) is 6.07 Å². The lowest BCUT2D eigenvalue weighted by molar-refractivity contribution is -0.137. The van der Waals surface area contributed by atoms with Crippen molar-refractivity contribution in [3.63, 3.8) is 0 Å². The second-order valence-corrected chi connectivity index (χ2v) is 3.34. The molecule has 1 heterocycles. The van der Waals surface area contributed by atoms with Crippen molar-refractivity contribution in [1.29, 1.82) is 0 Å². The number of rotatable bonds is 4. The van der Waals surface area contributed by atoms with Crippen LogP contribution in [0.5, 0.6) is 11.5 Å². The number of aliphatic carboxylic acids is 1. The number of benzene rings is 1. The summed E-state index contributed by atoms with van der Waals surface area (Å²) >= 11 is 0. The Balaban J connectivity index is 2.02. The van der Waals surface area contributed by atoms with Gasteiger partial charge in [-0.2, -0.15) is 0 Å². The van der Waals surface area contributed by atoms with Gasteiger partial charge in [-0.3, -0.25) is 4.79 Å². The molecule has 0 aliphatic carbocycles. The van der Waals surface area contributed by atoms with Crippen LogP contribution in [-0.4, -0.2) is 24.3 Å². The van der Waals surface area contributed by atoms with Crippen LogP contribution in [0, 0.1) is 0 Å². The summed E-state index contributed by atoms with van der Waals surface area (Å²) in [7, 11) is 0. The summed E-state index contributed by atoms with van der Waals surface area (Å²) in [6, 6.07) is 5.68. The Hall–Kier alpha value is -1.71. The summed E-state index contributed by atoms with van der Waals surface area (Å²) in [6.07, 6.45) is 0.898. The van der Waals surface area contributed by atoms with E-state index in [1.165, 1.54) is 0 Å². The van der Waals surface area contributed by atoms with Crippen LogP contribution in [0.1, 0.15) is 12.0 Å². The fourth-order valence-corrected chi connectivity index (χ4v) is 1.55. The SMILES string of the molecule is O=C(O)CCOc1cccc2c1OCC2. The molecule has 1 aliphatic rings. The Morgan fingerprint density at radius 3 is 3.20 bits per heavy atom. The maximum atomic E-state index is 10.3. The summed E-state index contributed by atoms with van der Waals surface area (Å²) in [5.41, 5.74) is 1.13. The highest BCUT2D eigenvalue weighted by molar-refractivity contribution is 5.66. The molecular formula is C11H12O4. The third kappa shape index (κ3) is 2.21. The maximum Gasteiger partial charge on any atom is 0.306 e. The predicted octanol–water partition coefficient (Wildman–Crippen LogP) is 1.47. The zero-order chi connectivity index (χ0) is 10.7. The van der Waals surface area contributed by atoms with Crippen LogP contribution in [0.2, 0.25) is 0 Å². The lowest BCUT2D eigenvalue weighted by Crippen LogP contribution is -2.05. The van der Waals surface area contributed by atoms with Crippen LogP contribution in [-0.2, 0) is 11.2 Å². The second-order valence-electron chi connectivity index (χ2n) is 3.34. The van der Waals surface area contributed by atoms with E-state index in [0.29, 0.717) is 12.4 Å². The number of carboxylic acid groups (broad SMARTS) is 1. The molecule has 2 rings (SSSR count). The third-order valence-electron chi connectivity index (χ3n) is 2.25. The van der Waals surface area contributed by atoms with Gasteiger partial charge in [0.05, 0.1) is 19.6 Å². The molecule has 0 unspecified atom stereocenters. The summed E-state index contributed by atoms with van der Waals surface area (Å²) in [5, 5.41) is 8.47. The molecule has 0 atom stereocenters. The topological polar surface area (TPSA) is 55.8 Å². The standard InChI is InChI=1S/C11H12O4/c12-10(13)5-7-14-9-3-1-2-8-4-6-15-11(8)9/h1-3H,4-7H2,(H,12,13). The van der Waals surface area contributed by atoms with Crippen LogP contribution in [0.4, 0.5) is 0 Å². The van der Waals surface area contributed by atoms with Crippen LogP contribution in [0.3, 0.4) is 0 Å². The lowest BCUT2D eigenvalue weighted by Gasteiger charge is -2.08. The molecule has 4 heteroatoms. The normalized spacial score (nSPS) is 13.1. The highest BCUT2D eigenvalue weighted by atomic mass is 16.5. The molecule has 1 aromatic carbocycles. The summed E-state index contributed by atoms with van der Waals surface area (Å²) in [6.45, 7) is 0.851. The fourth-order valence-electron chi connectivity index (χ4n) is 1.55. The van der Waals surface area contributed by atoms with E-state index in [9.17, 15) is 4.79 Å². The minimum absolute atomic E-state index is 0.00364. The second kappa shape index (κ2) is 4.21. The Labute approximate surface area is 87.4 Å². The van der Waals surface area contributed by atoms with Crippen molar-refractivity contribution in [3.05, 3.63) is 23.8 Å². The molecule has 0 saturated heterocycles. The van der Waals surface area contributed by atoms with Crippen molar-refractivity contribution in [2.24, 2.45) is 0 Å². The van der Waals surface area contributed by atoms with Gasteiger partial charge in [-0.25, -0.2) is 0 Å². The van der Waals surface area contributed by atoms with Gasteiger partial charge < -0.3 is 14.6 Å². The Morgan fingerprint density at radius 2 is 2.40 bits per heavy atom. The lowest BCUT2D eigenvalue weighted by atomic mass is 10.1. The van der Waals surface area contributed by atoms with E-state index < -0.39 is 5.97 Å². The molecule has 0 fully saturated rings. The van der Waals surface area contributed by atoms with E-state index >= 15 is 0 Å². The van der Waals surface area contributed by atoms with Gasteiger partial charge in [0.2, 0.25) is 0 Å². The molecule has 0 bridgehead atoms. The molecule has 0 radical (unpaired) electrons. The first kappa shape index (κ1) is 9.83. The van der Waals surface area contributed by atoms with Gasteiger partial charge in [-0.05, 0) is 6.07 Å². The van der Waals surface area contributed by atoms with Crippen molar-refractivity contribution in [2.75, 3.05) is 13.2 Å². The minimum Gasteiger partial charge on any atom is -0.489 e. The fraction of sp³-hybridized carbons (Fsp3) is 0.364. The highest BCUT2D eigenvalue weighted by Crippen LogP contribution is 2.35. The van der Waals surface area contributed by atoms with Gasteiger partial charge in [-0.15, -0.1) is 0 Å². The van der Waals surface area contributed by atoms with Gasteiger partial charge in [0.1, 0.15) is 0 Å². The molecule has 15 heavy (non-hydrogen) atoms. The zero-order valence-electron chi connectivity index (χ0n) is 8.23. The summed E-state index contributed by atoms with van der Waals surface area (Å²) in [5.74, 6) is 0.553. The number of carboxylic acids is 1. The van der Waals surface area contributed by atoms with Gasteiger partial charge in [0, 0.05) is 12.0 Å². The zero-order valence-corrected chi connectivity index (χ0v) is 8.23.